The molecule has 2 heterocycles. The van der Waals surface area contributed by atoms with Crippen LogP contribution in [0.4, 0.5) is 4.79 Å². The lowest BCUT2D eigenvalue weighted by Crippen LogP contribution is -2.49. The minimum absolute atomic E-state index is 0.0190. The van der Waals surface area contributed by atoms with Crippen LogP contribution < -0.4 is 11.1 Å². The number of nitrogens with zero attached hydrogens (tertiary/aromatic N) is 3. The van der Waals surface area contributed by atoms with Gasteiger partial charge in [0.2, 0.25) is 5.91 Å². The minimum atomic E-state index is -0.265. The number of likely N-dealkylation sites (tertiary alicyclic amines) is 1. The van der Waals surface area contributed by atoms with Crippen molar-refractivity contribution in [2.75, 3.05) is 13.1 Å². The number of nitrogens with one attached hydrogen (secondary N) is 1. The van der Waals surface area contributed by atoms with Crippen molar-refractivity contribution in [2.45, 2.75) is 32.4 Å². The highest BCUT2D eigenvalue weighted by Gasteiger charge is 2.26. The van der Waals surface area contributed by atoms with Gasteiger partial charge in [-0.3, -0.25) is 4.79 Å². The summed E-state index contributed by atoms with van der Waals surface area (Å²) in [7, 11) is 0. The van der Waals surface area contributed by atoms with Crippen LogP contribution in [0.2, 0.25) is 0 Å². The molecule has 7 heteroatoms. The molecule has 0 bridgehead atoms. The van der Waals surface area contributed by atoms with Gasteiger partial charge in [-0.1, -0.05) is 0 Å². The van der Waals surface area contributed by atoms with E-state index in [0.29, 0.717) is 32.5 Å². The van der Waals surface area contributed by atoms with E-state index in [1.54, 1.807) is 17.4 Å². The lowest BCUT2D eigenvalue weighted by Gasteiger charge is -2.31. The molecule has 1 aliphatic heterocycles. The van der Waals surface area contributed by atoms with Gasteiger partial charge in [0.1, 0.15) is 0 Å². The molecule has 3 N–H and O–H groups in total. The zero-order valence-electron chi connectivity index (χ0n) is 11.7. The van der Waals surface area contributed by atoms with E-state index >= 15 is 0 Å². The van der Waals surface area contributed by atoms with Gasteiger partial charge in [-0.2, -0.15) is 0 Å². The molecule has 1 aromatic rings. The van der Waals surface area contributed by atoms with Crippen LogP contribution in [0.5, 0.6) is 0 Å². The molecule has 1 aromatic heterocycles. The summed E-state index contributed by atoms with van der Waals surface area (Å²) in [6, 6.07) is -0.0638. The Balaban J connectivity index is 1.76. The fraction of sp³-hybridized carbons (Fsp3) is 0.615. The molecule has 0 radical (unpaired) electrons. The van der Waals surface area contributed by atoms with Crippen LogP contribution in [0.15, 0.2) is 18.7 Å². The summed E-state index contributed by atoms with van der Waals surface area (Å²) in [6.07, 6.45) is 6.60. The summed E-state index contributed by atoms with van der Waals surface area (Å²) < 4.78 is 1.92. The zero-order chi connectivity index (χ0) is 14.5. The van der Waals surface area contributed by atoms with Crippen molar-refractivity contribution in [3.63, 3.8) is 0 Å². The number of amides is 3. The second-order valence-corrected chi connectivity index (χ2v) is 5.27. The Bertz CT molecular complexity index is 451. The number of aromatic nitrogens is 2. The number of piperidine rings is 1. The number of imidazole rings is 1. The average Bonchev–Trinajstić information content (AvgIpc) is 2.91. The van der Waals surface area contributed by atoms with Gasteiger partial charge in [0.15, 0.2) is 0 Å². The van der Waals surface area contributed by atoms with Crippen LogP contribution in [-0.4, -0.2) is 45.5 Å². The molecule has 20 heavy (non-hydrogen) atoms. The molecule has 1 unspecified atom stereocenters. The fourth-order valence-electron chi connectivity index (χ4n) is 2.43. The number of primary amides is 1. The zero-order valence-corrected chi connectivity index (χ0v) is 11.7. The van der Waals surface area contributed by atoms with Crippen molar-refractivity contribution >= 4 is 11.9 Å². The summed E-state index contributed by atoms with van der Waals surface area (Å²) in [6.45, 7) is 3.80. The molecule has 110 valence electrons. The Kier molecular flexibility index (Phi) is 4.60. The molecule has 1 aliphatic rings. The monoisotopic (exact) mass is 279 g/mol. The number of nitrogens with two attached hydrogens (primary N) is 1. The van der Waals surface area contributed by atoms with Crippen molar-refractivity contribution < 1.29 is 9.59 Å². The largest absolute Gasteiger partial charge is 0.369 e. The molecule has 2 rings (SSSR count). The second-order valence-electron chi connectivity index (χ2n) is 5.27. The summed E-state index contributed by atoms with van der Waals surface area (Å²) >= 11 is 0. The highest BCUT2D eigenvalue weighted by atomic mass is 16.2. The molecule has 0 spiro atoms. The number of urea groups is 1. The van der Waals surface area contributed by atoms with E-state index in [4.69, 9.17) is 5.73 Å². The van der Waals surface area contributed by atoms with Crippen molar-refractivity contribution in [3.8, 4) is 0 Å². The standard InChI is InChI=1S/C13H21N5O2/c1-10(8-17-7-4-15-9-17)16-13(20)18-5-2-11(3-6-18)12(14)19/h4,7,9-11H,2-3,5-6,8H2,1H3,(H2,14,19)(H,16,20). The maximum Gasteiger partial charge on any atom is 0.317 e. The lowest BCUT2D eigenvalue weighted by molar-refractivity contribution is -0.123. The first-order valence-electron chi connectivity index (χ1n) is 6.86. The van der Waals surface area contributed by atoms with E-state index in [2.05, 4.69) is 10.3 Å². The highest BCUT2D eigenvalue weighted by Crippen LogP contribution is 2.16. The third-order valence-electron chi connectivity index (χ3n) is 3.60. The lowest BCUT2D eigenvalue weighted by atomic mass is 9.96. The van der Waals surface area contributed by atoms with Gasteiger partial charge in [-0.25, -0.2) is 9.78 Å². The van der Waals surface area contributed by atoms with E-state index in [1.165, 1.54) is 0 Å². The number of rotatable bonds is 4. The minimum Gasteiger partial charge on any atom is -0.369 e. The van der Waals surface area contributed by atoms with Crippen LogP contribution in [0.25, 0.3) is 0 Å². The Morgan fingerprint density at radius 1 is 1.45 bits per heavy atom. The third kappa shape index (κ3) is 3.72. The SMILES string of the molecule is CC(Cn1ccnc1)NC(=O)N1CCC(C(N)=O)CC1. The maximum atomic E-state index is 12.1. The van der Waals surface area contributed by atoms with Gasteiger partial charge in [-0.15, -0.1) is 0 Å². The molecule has 1 atom stereocenters. The van der Waals surface area contributed by atoms with Gasteiger partial charge >= 0.3 is 6.03 Å². The summed E-state index contributed by atoms with van der Waals surface area (Å²) in [5.74, 6) is -0.360. The van der Waals surface area contributed by atoms with E-state index in [1.807, 2.05) is 17.7 Å². The van der Waals surface area contributed by atoms with Crippen LogP contribution in [0, 0.1) is 5.92 Å². The first-order valence-corrected chi connectivity index (χ1v) is 6.86. The predicted octanol–water partition coefficient (Wildman–Crippen LogP) is 0.179. The Hall–Kier alpha value is -2.05. The van der Waals surface area contributed by atoms with Crippen LogP contribution in [0.3, 0.4) is 0 Å². The summed E-state index contributed by atoms with van der Waals surface area (Å²) in [4.78, 5) is 28.9. The second kappa shape index (κ2) is 6.40. The van der Waals surface area contributed by atoms with Gasteiger partial charge in [0, 0.05) is 44.0 Å². The number of hydrogen-bond acceptors (Lipinski definition) is 3. The smallest absolute Gasteiger partial charge is 0.317 e. The molecule has 0 saturated carbocycles. The van der Waals surface area contributed by atoms with Crippen LogP contribution >= 0.6 is 0 Å². The Labute approximate surface area is 118 Å². The summed E-state index contributed by atoms with van der Waals surface area (Å²) in [5.41, 5.74) is 5.28. The third-order valence-corrected chi connectivity index (χ3v) is 3.60. The topological polar surface area (TPSA) is 93.2 Å². The molecular weight excluding hydrogens is 258 g/mol. The average molecular weight is 279 g/mol. The molecule has 0 aliphatic carbocycles. The van der Waals surface area contributed by atoms with Crippen molar-refractivity contribution in [1.82, 2.24) is 19.8 Å². The van der Waals surface area contributed by atoms with E-state index in [9.17, 15) is 9.59 Å². The molecule has 7 nitrogen and oxygen atoms in total. The van der Waals surface area contributed by atoms with Gasteiger partial charge in [-0.05, 0) is 19.8 Å². The van der Waals surface area contributed by atoms with Crippen molar-refractivity contribution in [1.29, 1.82) is 0 Å². The molecule has 1 saturated heterocycles. The van der Waals surface area contributed by atoms with E-state index < -0.39 is 0 Å². The Morgan fingerprint density at radius 3 is 2.70 bits per heavy atom. The van der Waals surface area contributed by atoms with Crippen molar-refractivity contribution in [2.24, 2.45) is 11.7 Å². The van der Waals surface area contributed by atoms with Crippen molar-refractivity contribution in [3.05, 3.63) is 18.7 Å². The van der Waals surface area contributed by atoms with Gasteiger partial charge in [0.25, 0.3) is 0 Å². The quantitative estimate of drug-likeness (QED) is 0.823. The van der Waals surface area contributed by atoms with Gasteiger partial charge in [0.05, 0.1) is 6.33 Å². The first-order chi connectivity index (χ1) is 9.56. The first kappa shape index (κ1) is 14.4. The number of carbonyl (C=O) groups excluding carboxylic acids is 2. The molecule has 3 amide bonds. The summed E-state index contributed by atoms with van der Waals surface area (Å²) in [5, 5.41) is 2.95. The van der Waals surface area contributed by atoms with Crippen LogP contribution in [-0.2, 0) is 11.3 Å². The maximum absolute atomic E-state index is 12.1. The van der Waals surface area contributed by atoms with E-state index in [-0.39, 0.29) is 23.9 Å². The Morgan fingerprint density at radius 2 is 2.15 bits per heavy atom. The number of hydrogen-bond donors (Lipinski definition) is 2. The number of carbonyl (C=O) groups is 2. The van der Waals surface area contributed by atoms with Crippen LogP contribution in [0.1, 0.15) is 19.8 Å². The van der Waals surface area contributed by atoms with E-state index in [0.717, 1.165) is 0 Å². The molecule has 1 fully saturated rings. The highest BCUT2D eigenvalue weighted by molar-refractivity contribution is 5.78. The predicted molar refractivity (Wildman–Crippen MR) is 73.7 cm³/mol. The van der Waals surface area contributed by atoms with Gasteiger partial charge < -0.3 is 20.5 Å². The fourth-order valence-corrected chi connectivity index (χ4v) is 2.43. The normalized spacial score (nSPS) is 17.8. The molecular formula is C13H21N5O2. The molecule has 0 aromatic carbocycles.